The Labute approximate surface area is 75.3 Å². The lowest BCUT2D eigenvalue weighted by Crippen LogP contribution is -2.28. The number of rotatable bonds is 3. The summed E-state index contributed by atoms with van der Waals surface area (Å²) in [5.41, 5.74) is 0. The van der Waals surface area contributed by atoms with Crippen LogP contribution in [0.3, 0.4) is 0 Å². The van der Waals surface area contributed by atoms with E-state index < -0.39 is 0 Å². The maximum absolute atomic E-state index is 3.62. The zero-order valence-corrected chi connectivity index (χ0v) is 8.21. The van der Waals surface area contributed by atoms with Gasteiger partial charge in [0.15, 0.2) is 0 Å². The molecule has 2 rings (SSSR count). The smallest absolute Gasteiger partial charge is 0.00683 e. The lowest BCUT2D eigenvalue weighted by molar-refractivity contribution is 0.387. The van der Waals surface area contributed by atoms with Crippen LogP contribution < -0.4 is 5.32 Å². The SMILES string of the molecule is CC1CN(C)CC1CNC1CC1. The van der Waals surface area contributed by atoms with Gasteiger partial charge in [0.25, 0.3) is 0 Å². The highest BCUT2D eigenvalue weighted by Crippen LogP contribution is 2.23. The van der Waals surface area contributed by atoms with Gasteiger partial charge in [0.05, 0.1) is 0 Å². The van der Waals surface area contributed by atoms with Crippen molar-refractivity contribution in [3.05, 3.63) is 0 Å². The molecule has 1 saturated heterocycles. The summed E-state index contributed by atoms with van der Waals surface area (Å²) in [5.74, 6) is 1.79. The van der Waals surface area contributed by atoms with Crippen LogP contribution in [-0.4, -0.2) is 37.6 Å². The normalized spacial score (nSPS) is 37.5. The fourth-order valence-electron chi connectivity index (χ4n) is 2.17. The van der Waals surface area contributed by atoms with E-state index in [9.17, 15) is 0 Å². The minimum atomic E-state index is 0.878. The van der Waals surface area contributed by atoms with Gasteiger partial charge >= 0.3 is 0 Å². The monoisotopic (exact) mass is 168 g/mol. The van der Waals surface area contributed by atoms with Crippen LogP contribution in [-0.2, 0) is 0 Å². The van der Waals surface area contributed by atoms with Crippen molar-refractivity contribution in [3.8, 4) is 0 Å². The number of nitrogens with zero attached hydrogens (tertiary/aromatic N) is 1. The molecule has 1 saturated carbocycles. The standard InChI is InChI=1S/C10H20N2/c1-8-6-12(2)7-9(8)5-11-10-3-4-10/h8-11H,3-7H2,1-2H3. The van der Waals surface area contributed by atoms with Crippen LogP contribution in [0.25, 0.3) is 0 Å². The lowest BCUT2D eigenvalue weighted by Gasteiger charge is -2.14. The van der Waals surface area contributed by atoms with Crippen LogP contribution in [0.2, 0.25) is 0 Å². The highest BCUT2D eigenvalue weighted by atomic mass is 15.1. The number of likely N-dealkylation sites (tertiary alicyclic amines) is 1. The largest absolute Gasteiger partial charge is 0.314 e. The summed E-state index contributed by atoms with van der Waals surface area (Å²) in [6.07, 6.45) is 2.83. The van der Waals surface area contributed by atoms with E-state index in [0.29, 0.717) is 0 Å². The van der Waals surface area contributed by atoms with E-state index >= 15 is 0 Å². The first-order valence-corrected chi connectivity index (χ1v) is 5.17. The summed E-state index contributed by atoms with van der Waals surface area (Å²) in [6, 6.07) is 0.878. The van der Waals surface area contributed by atoms with E-state index in [1.807, 2.05) is 0 Å². The van der Waals surface area contributed by atoms with Gasteiger partial charge in [-0.3, -0.25) is 0 Å². The first-order chi connectivity index (χ1) is 5.75. The van der Waals surface area contributed by atoms with Gasteiger partial charge < -0.3 is 10.2 Å². The second-order valence-corrected chi connectivity index (χ2v) is 4.64. The van der Waals surface area contributed by atoms with Gasteiger partial charge in [-0.25, -0.2) is 0 Å². The van der Waals surface area contributed by atoms with Gasteiger partial charge in [-0.15, -0.1) is 0 Å². The van der Waals surface area contributed by atoms with E-state index in [-0.39, 0.29) is 0 Å². The summed E-state index contributed by atoms with van der Waals surface area (Å²) in [6.45, 7) is 6.21. The van der Waals surface area contributed by atoms with E-state index in [1.54, 1.807) is 0 Å². The molecule has 2 nitrogen and oxygen atoms in total. The first-order valence-electron chi connectivity index (χ1n) is 5.17. The molecular formula is C10H20N2. The third-order valence-corrected chi connectivity index (χ3v) is 3.20. The fraction of sp³-hybridized carbons (Fsp3) is 1.00. The van der Waals surface area contributed by atoms with Gasteiger partial charge in [-0.1, -0.05) is 6.92 Å². The topological polar surface area (TPSA) is 15.3 Å². The van der Waals surface area contributed by atoms with Crippen molar-refractivity contribution in [2.45, 2.75) is 25.8 Å². The Kier molecular flexibility index (Phi) is 2.37. The predicted molar refractivity (Wildman–Crippen MR) is 51.2 cm³/mol. The third kappa shape index (κ3) is 1.99. The zero-order chi connectivity index (χ0) is 8.55. The predicted octanol–water partition coefficient (Wildman–Crippen LogP) is 0.936. The average Bonchev–Trinajstić information content (AvgIpc) is 2.76. The summed E-state index contributed by atoms with van der Waals surface area (Å²) < 4.78 is 0. The molecule has 0 aromatic carbocycles. The molecule has 2 fully saturated rings. The molecule has 70 valence electrons. The van der Waals surface area contributed by atoms with Crippen LogP contribution in [0.4, 0.5) is 0 Å². The van der Waals surface area contributed by atoms with Crippen molar-refractivity contribution < 1.29 is 0 Å². The Morgan fingerprint density at radius 1 is 1.33 bits per heavy atom. The molecule has 12 heavy (non-hydrogen) atoms. The second kappa shape index (κ2) is 3.35. The van der Waals surface area contributed by atoms with Crippen molar-refractivity contribution in [1.82, 2.24) is 10.2 Å². The molecular weight excluding hydrogens is 148 g/mol. The van der Waals surface area contributed by atoms with Gasteiger partial charge in [0.2, 0.25) is 0 Å². The Morgan fingerprint density at radius 2 is 2.08 bits per heavy atom. The summed E-state index contributed by atoms with van der Waals surface area (Å²) in [5, 5.41) is 3.62. The Morgan fingerprint density at radius 3 is 2.58 bits per heavy atom. The highest BCUT2D eigenvalue weighted by Gasteiger charge is 2.29. The molecule has 2 unspecified atom stereocenters. The minimum Gasteiger partial charge on any atom is -0.314 e. The molecule has 1 N–H and O–H groups in total. The summed E-state index contributed by atoms with van der Waals surface area (Å²) in [4.78, 5) is 2.45. The van der Waals surface area contributed by atoms with Crippen molar-refractivity contribution >= 4 is 0 Å². The van der Waals surface area contributed by atoms with Gasteiger partial charge in [0.1, 0.15) is 0 Å². The minimum absolute atomic E-state index is 0.878. The van der Waals surface area contributed by atoms with E-state index in [1.165, 1.54) is 32.5 Å². The van der Waals surface area contributed by atoms with Gasteiger partial charge in [0, 0.05) is 19.1 Å². The maximum atomic E-state index is 3.62. The van der Waals surface area contributed by atoms with Gasteiger partial charge in [-0.05, 0) is 38.3 Å². The summed E-state index contributed by atoms with van der Waals surface area (Å²) in [7, 11) is 2.23. The molecule has 1 heterocycles. The molecule has 2 aliphatic rings. The molecule has 0 radical (unpaired) electrons. The molecule has 2 heteroatoms. The average molecular weight is 168 g/mol. The Balaban J connectivity index is 1.71. The van der Waals surface area contributed by atoms with Crippen molar-refractivity contribution in [2.24, 2.45) is 11.8 Å². The van der Waals surface area contributed by atoms with E-state index in [4.69, 9.17) is 0 Å². The molecule has 0 spiro atoms. The van der Waals surface area contributed by atoms with Crippen LogP contribution >= 0.6 is 0 Å². The molecule has 0 amide bonds. The maximum Gasteiger partial charge on any atom is 0.00683 e. The Bertz CT molecular complexity index is 154. The summed E-state index contributed by atoms with van der Waals surface area (Å²) >= 11 is 0. The number of nitrogens with one attached hydrogen (secondary N) is 1. The molecule has 1 aliphatic carbocycles. The number of hydrogen-bond donors (Lipinski definition) is 1. The molecule has 0 aromatic heterocycles. The van der Waals surface area contributed by atoms with Crippen molar-refractivity contribution in [1.29, 1.82) is 0 Å². The van der Waals surface area contributed by atoms with E-state index in [0.717, 1.165) is 17.9 Å². The molecule has 2 atom stereocenters. The van der Waals surface area contributed by atoms with Crippen LogP contribution in [0.5, 0.6) is 0 Å². The number of hydrogen-bond acceptors (Lipinski definition) is 2. The zero-order valence-electron chi connectivity index (χ0n) is 8.21. The van der Waals surface area contributed by atoms with E-state index in [2.05, 4.69) is 24.2 Å². The molecule has 1 aliphatic heterocycles. The van der Waals surface area contributed by atoms with Crippen LogP contribution in [0, 0.1) is 11.8 Å². The highest BCUT2D eigenvalue weighted by molar-refractivity contribution is 4.86. The quantitative estimate of drug-likeness (QED) is 0.674. The second-order valence-electron chi connectivity index (χ2n) is 4.64. The lowest BCUT2D eigenvalue weighted by atomic mass is 9.98. The molecule has 0 bridgehead atoms. The van der Waals surface area contributed by atoms with Crippen molar-refractivity contribution in [2.75, 3.05) is 26.7 Å². The van der Waals surface area contributed by atoms with Crippen LogP contribution in [0.15, 0.2) is 0 Å². The van der Waals surface area contributed by atoms with Gasteiger partial charge in [-0.2, -0.15) is 0 Å². The fourth-order valence-corrected chi connectivity index (χ4v) is 2.17. The first kappa shape index (κ1) is 8.52. The van der Waals surface area contributed by atoms with Crippen molar-refractivity contribution in [3.63, 3.8) is 0 Å². The third-order valence-electron chi connectivity index (χ3n) is 3.20. The Hall–Kier alpha value is -0.0800. The molecule has 0 aromatic rings. The van der Waals surface area contributed by atoms with Crippen LogP contribution in [0.1, 0.15) is 19.8 Å².